The number of hydrogen-bond acceptors (Lipinski definition) is 3. The van der Waals surface area contributed by atoms with E-state index in [2.05, 4.69) is 18.3 Å². The maximum atomic E-state index is 11.5. The van der Waals surface area contributed by atoms with Crippen molar-refractivity contribution in [3.05, 3.63) is 29.8 Å². The Kier molecular flexibility index (Phi) is 4.27. The summed E-state index contributed by atoms with van der Waals surface area (Å²) in [7, 11) is 1.65. The highest BCUT2D eigenvalue weighted by Crippen LogP contribution is 2.26. The van der Waals surface area contributed by atoms with E-state index < -0.39 is 0 Å². The molecule has 0 radical (unpaired) electrons. The quantitative estimate of drug-likeness (QED) is 0.859. The van der Waals surface area contributed by atoms with Crippen molar-refractivity contribution in [2.24, 2.45) is 5.73 Å². The molecule has 1 aromatic rings. The number of benzene rings is 1. The highest BCUT2D eigenvalue weighted by atomic mass is 16.5. The molecular weight excluding hydrogens is 242 g/mol. The number of ether oxygens (including phenoxy) is 1. The lowest BCUT2D eigenvalue weighted by Gasteiger charge is -2.38. The number of primary amides is 1. The van der Waals surface area contributed by atoms with Crippen molar-refractivity contribution in [2.75, 3.05) is 26.7 Å². The number of hydrogen-bond donors (Lipinski definition) is 2. The second-order valence-electron chi connectivity index (χ2n) is 4.87. The van der Waals surface area contributed by atoms with Gasteiger partial charge in [0, 0.05) is 25.6 Å². The third kappa shape index (κ3) is 2.98. The minimum Gasteiger partial charge on any atom is -0.497 e. The zero-order valence-electron chi connectivity index (χ0n) is 11.4. The fraction of sp³-hybridized carbons (Fsp3) is 0.500. The standard InChI is InChI=1S/C14H21N3O2/c1-10(11-4-3-5-12(8-11)19-2)13-9-16-6-7-17(13)14(15)18/h3-5,8,10,13,16H,6-7,9H2,1-2H3,(H2,15,18)/t10-,13?/m1/s1. The van der Waals surface area contributed by atoms with E-state index in [4.69, 9.17) is 10.5 Å². The Bertz CT molecular complexity index is 450. The van der Waals surface area contributed by atoms with Crippen molar-refractivity contribution in [1.29, 1.82) is 0 Å². The minimum atomic E-state index is -0.346. The Morgan fingerprint density at radius 1 is 1.58 bits per heavy atom. The molecule has 0 spiro atoms. The van der Waals surface area contributed by atoms with Crippen LogP contribution in [0.25, 0.3) is 0 Å². The van der Waals surface area contributed by atoms with Crippen LogP contribution in [0.2, 0.25) is 0 Å². The fourth-order valence-corrected chi connectivity index (χ4v) is 2.59. The number of amides is 2. The van der Waals surface area contributed by atoms with Gasteiger partial charge in [-0.3, -0.25) is 0 Å². The maximum Gasteiger partial charge on any atom is 0.315 e. The maximum absolute atomic E-state index is 11.5. The molecule has 1 aromatic carbocycles. The number of piperazine rings is 1. The molecule has 5 heteroatoms. The van der Waals surface area contributed by atoms with Gasteiger partial charge in [-0.15, -0.1) is 0 Å². The minimum absolute atomic E-state index is 0.0818. The van der Waals surface area contributed by atoms with Crippen molar-refractivity contribution in [1.82, 2.24) is 10.2 Å². The molecule has 0 aliphatic carbocycles. The van der Waals surface area contributed by atoms with Gasteiger partial charge in [0.25, 0.3) is 0 Å². The SMILES string of the molecule is COc1cccc([C@@H](C)C2CNCCN2C(N)=O)c1. The number of carbonyl (C=O) groups excluding carboxylic acids is 1. The first-order valence-electron chi connectivity index (χ1n) is 6.54. The molecular formula is C14H21N3O2. The molecule has 2 amide bonds. The van der Waals surface area contributed by atoms with Crippen LogP contribution in [0.4, 0.5) is 4.79 Å². The summed E-state index contributed by atoms with van der Waals surface area (Å²) in [6.07, 6.45) is 0. The second-order valence-corrected chi connectivity index (χ2v) is 4.87. The summed E-state index contributed by atoms with van der Waals surface area (Å²) in [4.78, 5) is 13.3. The van der Waals surface area contributed by atoms with E-state index in [1.807, 2.05) is 18.2 Å². The molecule has 1 aliphatic heterocycles. The smallest absolute Gasteiger partial charge is 0.315 e. The second kappa shape index (κ2) is 5.93. The van der Waals surface area contributed by atoms with Gasteiger partial charge in [-0.05, 0) is 17.7 Å². The molecule has 1 aliphatic rings. The zero-order valence-corrected chi connectivity index (χ0v) is 11.4. The van der Waals surface area contributed by atoms with E-state index in [1.54, 1.807) is 12.0 Å². The number of methoxy groups -OCH3 is 1. The van der Waals surface area contributed by atoms with Gasteiger partial charge in [0.15, 0.2) is 0 Å². The molecule has 0 saturated carbocycles. The summed E-state index contributed by atoms with van der Waals surface area (Å²) in [6.45, 7) is 4.34. The molecule has 1 heterocycles. The van der Waals surface area contributed by atoms with E-state index in [9.17, 15) is 4.79 Å². The van der Waals surface area contributed by atoms with Crippen LogP contribution >= 0.6 is 0 Å². The first-order chi connectivity index (χ1) is 9.13. The van der Waals surface area contributed by atoms with Gasteiger partial charge < -0.3 is 20.7 Å². The summed E-state index contributed by atoms with van der Waals surface area (Å²) in [5, 5.41) is 3.32. The van der Waals surface area contributed by atoms with Gasteiger partial charge in [0.2, 0.25) is 0 Å². The van der Waals surface area contributed by atoms with Crippen LogP contribution in [0.15, 0.2) is 24.3 Å². The van der Waals surface area contributed by atoms with Crippen LogP contribution in [0.3, 0.4) is 0 Å². The molecule has 0 aromatic heterocycles. The molecule has 2 atom stereocenters. The van der Waals surface area contributed by atoms with E-state index in [0.29, 0.717) is 6.54 Å². The van der Waals surface area contributed by atoms with Gasteiger partial charge >= 0.3 is 6.03 Å². The van der Waals surface area contributed by atoms with Crippen molar-refractivity contribution >= 4 is 6.03 Å². The van der Waals surface area contributed by atoms with E-state index >= 15 is 0 Å². The molecule has 1 fully saturated rings. The third-order valence-electron chi connectivity index (χ3n) is 3.76. The monoisotopic (exact) mass is 263 g/mol. The van der Waals surface area contributed by atoms with Crippen LogP contribution in [0.5, 0.6) is 5.75 Å². The van der Waals surface area contributed by atoms with Crippen LogP contribution in [0, 0.1) is 0 Å². The Labute approximate surface area is 113 Å². The molecule has 3 N–H and O–H groups in total. The molecule has 104 valence electrons. The van der Waals surface area contributed by atoms with Crippen molar-refractivity contribution in [2.45, 2.75) is 18.9 Å². The van der Waals surface area contributed by atoms with Gasteiger partial charge in [0.1, 0.15) is 5.75 Å². The summed E-state index contributed by atoms with van der Waals surface area (Å²) in [6, 6.07) is 7.69. The number of nitrogens with two attached hydrogens (primary N) is 1. The zero-order chi connectivity index (χ0) is 13.8. The van der Waals surface area contributed by atoms with Crippen molar-refractivity contribution in [3.63, 3.8) is 0 Å². The van der Waals surface area contributed by atoms with E-state index in [1.165, 1.54) is 0 Å². The normalized spacial score (nSPS) is 20.9. The predicted molar refractivity (Wildman–Crippen MR) is 74.4 cm³/mol. The van der Waals surface area contributed by atoms with Gasteiger partial charge in [-0.2, -0.15) is 0 Å². The fourth-order valence-electron chi connectivity index (χ4n) is 2.59. The Hall–Kier alpha value is -1.75. The number of nitrogens with one attached hydrogen (secondary N) is 1. The third-order valence-corrected chi connectivity index (χ3v) is 3.76. The van der Waals surface area contributed by atoms with E-state index in [0.717, 1.165) is 24.4 Å². The largest absolute Gasteiger partial charge is 0.497 e. The molecule has 1 unspecified atom stereocenters. The predicted octanol–water partition coefficient (Wildman–Crippen LogP) is 1.15. The Balaban J connectivity index is 2.20. The Morgan fingerprint density at radius 3 is 3.05 bits per heavy atom. The van der Waals surface area contributed by atoms with Gasteiger partial charge in [-0.25, -0.2) is 4.79 Å². The number of urea groups is 1. The number of rotatable bonds is 3. The molecule has 0 bridgehead atoms. The van der Waals surface area contributed by atoms with Crippen molar-refractivity contribution < 1.29 is 9.53 Å². The average Bonchev–Trinajstić information content (AvgIpc) is 2.46. The summed E-state index contributed by atoms with van der Waals surface area (Å²) in [5.74, 6) is 1.04. The molecule has 2 rings (SSSR count). The lowest BCUT2D eigenvalue weighted by Crippen LogP contribution is -2.57. The van der Waals surface area contributed by atoms with Crippen LogP contribution in [-0.4, -0.2) is 43.7 Å². The average molecular weight is 263 g/mol. The van der Waals surface area contributed by atoms with Crippen LogP contribution < -0.4 is 15.8 Å². The summed E-state index contributed by atoms with van der Waals surface area (Å²) < 4.78 is 5.25. The topological polar surface area (TPSA) is 67.6 Å². The van der Waals surface area contributed by atoms with Crippen molar-refractivity contribution in [3.8, 4) is 5.75 Å². The number of nitrogens with zero attached hydrogens (tertiary/aromatic N) is 1. The van der Waals surface area contributed by atoms with Gasteiger partial charge in [0.05, 0.1) is 13.2 Å². The molecule has 19 heavy (non-hydrogen) atoms. The first kappa shape index (κ1) is 13.7. The highest BCUT2D eigenvalue weighted by Gasteiger charge is 2.30. The summed E-state index contributed by atoms with van der Waals surface area (Å²) >= 11 is 0. The highest BCUT2D eigenvalue weighted by molar-refractivity contribution is 5.72. The molecule has 1 saturated heterocycles. The van der Waals surface area contributed by atoms with Crippen LogP contribution in [-0.2, 0) is 0 Å². The summed E-state index contributed by atoms with van der Waals surface area (Å²) in [5.41, 5.74) is 6.62. The number of carbonyl (C=O) groups is 1. The lowest BCUT2D eigenvalue weighted by atomic mass is 9.91. The first-order valence-corrected chi connectivity index (χ1v) is 6.54. The van der Waals surface area contributed by atoms with Crippen LogP contribution in [0.1, 0.15) is 18.4 Å². The lowest BCUT2D eigenvalue weighted by molar-refractivity contribution is 0.155. The van der Waals surface area contributed by atoms with E-state index in [-0.39, 0.29) is 18.0 Å². The molecule has 5 nitrogen and oxygen atoms in total. The van der Waals surface area contributed by atoms with Gasteiger partial charge in [-0.1, -0.05) is 19.1 Å². The Morgan fingerprint density at radius 2 is 2.37 bits per heavy atom.